The molecular formula is C17H18ClN5O3. The predicted molar refractivity (Wildman–Crippen MR) is 96.4 cm³/mol. The summed E-state index contributed by atoms with van der Waals surface area (Å²) < 4.78 is 12.1. The van der Waals surface area contributed by atoms with E-state index in [0.29, 0.717) is 42.6 Å². The number of ether oxygens (including phenoxy) is 1. The second-order valence-electron chi connectivity index (χ2n) is 5.34. The lowest BCUT2D eigenvalue weighted by Gasteiger charge is -2.13. The van der Waals surface area contributed by atoms with Crippen LogP contribution >= 0.6 is 11.6 Å². The molecule has 0 fully saturated rings. The van der Waals surface area contributed by atoms with Gasteiger partial charge in [0, 0.05) is 13.2 Å². The zero-order valence-corrected chi connectivity index (χ0v) is 14.6. The Bertz CT molecular complexity index is 821. The van der Waals surface area contributed by atoms with Crippen LogP contribution in [0.15, 0.2) is 53.7 Å². The number of hydrogen-bond donors (Lipinski definition) is 2. The number of carbonyl (C=O) groups excluding carboxylic acids is 1. The van der Waals surface area contributed by atoms with Crippen LogP contribution in [0.4, 0.5) is 10.5 Å². The number of carbonyl (C=O) groups is 1. The van der Waals surface area contributed by atoms with E-state index in [0.717, 1.165) is 5.76 Å². The minimum atomic E-state index is -0.334. The van der Waals surface area contributed by atoms with Crippen LogP contribution in [-0.2, 0) is 11.3 Å². The van der Waals surface area contributed by atoms with Gasteiger partial charge in [0.15, 0.2) is 0 Å². The van der Waals surface area contributed by atoms with Crippen molar-refractivity contribution in [3.8, 4) is 5.69 Å². The monoisotopic (exact) mass is 375 g/mol. The van der Waals surface area contributed by atoms with Crippen LogP contribution in [0.5, 0.6) is 0 Å². The number of furan rings is 1. The van der Waals surface area contributed by atoms with E-state index < -0.39 is 0 Å². The second kappa shape index (κ2) is 9.02. The molecule has 136 valence electrons. The third-order valence-electron chi connectivity index (χ3n) is 3.46. The molecular weight excluding hydrogens is 358 g/mol. The molecule has 0 aliphatic rings. The summed E-state index contributed by atoms with van der Waals surface area (Å²) in [4.78, 5) is 16.0. The van der Waals surface area contributed by atoms with Gasteiger partial charge in [-0.1, -0.05) is 17.7 Å². The minimum Gasteiger partial charge on any atom is -0.467 e. The van der Waals surface area contributed by atoms with Gasteiger partial charge in [-0.25, -0.2) is 14.5 Å². The number of rotatable bonds is 8. The molecule has 0 saturated heterocycles. The van der Waals surface area contributed by atoms with E-state index in [4.69, 9.17) is 20.8 Å². The fraction of sp³-hybridized carbons (Fsp3) is 0.235. The summed E-state index contributed by atoms with van der Waals surface area (Å²) >= 11 is 6.22. The van der Waals surface area contributed by atoms with Gasteiger partial charge in [0.1, 0.15) is 30.7 Å². The van der Waals surface area contributed by atoms with Crippen LogP contribution in [0.1, 0.15) is 12.2 Å². The first kappa shape index (κ1) is 18.0. The highest BCUT2D eigenvalue weighted by molar-refractivity contribution is 6.33. The van der Waals surface area contributed by atoms with Crippen LogP contribution in [0.25, 0.3) is 5.69 Å². The summed E-state index contributed by atoms with van der Waals surface area (Å²) in [5.74, 6) is 0.775. The van der Waals surface area contributed by atoms with Crippen molar-refractivity contribution in [1.82, 2.24) is 20.1 Å². The number of aromatic nitrogens is 3. The molecule has 2 N–H and O–H groups in total. The van der Waals surface area contributed by atoms with Crippen LogP contribution in [0.2, 0.25) is 5.02 Å². The maximum atomic E-state index is 12.1. The minimum absolute atomic E-state index is 0.334. The summed E-state index contributed by atoms with van der Waals surface area (Å²) in [5, 5.41) is 10.1. The number of hydrogen-bond acceptors (Lipinski definition) is 5. The third kappa shape index (κ3) is 4.84. The van der Waals surface area contributed by atoms with Gasteiger partial charge in [-0.05, 0) is 30.7 Å². The van der Waals surface area contributed by atoms with Crippen LogP contribution < -0.4 is 10.6 Å². The number of nitrogens with zero attached hydrogens (tertiary/aromatic N) is 3. The molecule has 1 aromatic carbocycles. The molecule has 0 bridgehead atoms. The molecule has 0 aliphatic carbocycles. The zero-order valence-electron chi connectivity index (χ0n) is 13.9. The Morgan fingerprint density at radius 2 is 2.23 bits per heavy atom. The number of urea groups is 1. The molecule has 2 amide bonds. The second-order valence-corrected chi connectivity index (χ2v) is 5.75. The first-order valence-electron chi connectivity index (χ1n) is 8.02. The highest BCUT2D eigenvalue weighted by Crippen LogP contribution is 2.27. The van der Waals surface area contributed by atoms with Gasteiger partial charge in [-0.2, -0.15) is 5.10 Å². The standard InChI is InChI=1S/C17H18ClN5O3/c18-14-5-1-6-15(16(14)23-12-19-11-21-23)22-17(24)20-7-3-8-25-10-13-4-2-9-26-13/h1-2,4-6,9,11-12H,3,7-8,10H2,(H2,20,22,24). The fourth-order valence-corrected chi connectivity index (χ4v) is 2.54. The number of para-hydroxylation sites is 1. The average Bonchev–Trinajstić information content (AvgIpc) is 3.32. The maximum absolute atomic E-state index is 12.1. The highest BCUT2D eigenvalue weighted by Gasteiger charge is 2.12. The van der Waals surface area contributed by atoms with Crippen molar-refractivity contribution >= 4 is 23.3 Å². The summed E-state index contributed by atoms with van der Waals surface area (Å²) in [6, 6.07) is 8.55. The lowest BCUT2D eigenvalue weighted by molar-refractivity contribution is 0.104. The van der Waals surface area contributed by atoms with E-state index in [1.807, 2.05) is 12.1 Å². The Kier molecular flexibility index (Phi) is 6.24. The van der Waals surface area contributed by atoms with Crippen LogP contribution in [0.3, 0.4) is 0 Å². The van der Waals surface area contributed by atoms with Gasteiger partial charge in [0.05, 0.1) is 17.0 Å². The molecule has 3 rings (SSSR count). The van der Waals surface area contributed by atoms with Crippen molar-refractivity contribution in [2.45, 2.75) is 13.0 Å². The molecule has 0 saturated carbocycles. The van der Waals surface area contributed by atoms with Crippen molar-refractivity contribution in [3.63, 3.8) is 0 Å². The van der Waals surface area contributed by atoms with E-state index in [9.17, 15) is 4.79 Å². The third-order valence-corrected chi connectivity index (χ3v) is 3.76. The van der Waals surface area contributed by atoms with E-state index in [1.165, 1.54) is 17.3 Å². The molecule has 0 atom stereocenters. The molecule has 0 spiro atoms. The quantitative estimate of drug-likeness (QED) is 0.589. The number of anilines is 1. The first-order valence-corrected chi connectivity index (χ1v) is 8.40. The van der Waals surface area contributed by atoms with Crippen LogP contribution in [0, 0.1) is 0 Å². The molecule has 2 aromatic heterocycles. The van der Waals surface area contributed by atoms with Crippen molar-refractivity contribution < 1.29 is 13.9 Å². The van der Waals surface area contributed by atoms with E-state index in [-0.39, 0.29) is 6.03 Å². The average molecular weight is 376 g/mol. The lowest BCUT2D eigenvalue weighted by atomic mass is 10.2. The van der Waals surface area contributed by atoms with Crippen molar-refractivity contribution in [2.24, 2.45) is 0 Å². The Morgan fingerprint density at radius 3 is 3.00 bits per heavy atom. The highest BCUT2D eigenvalue weighted by atomic mass is 35.5. The van der Waals surface area contributed by atoms with Crippen molar-refractivity contribution in [1.29, 1.82) is 0 Å². The molecule has 0 unspecified atom stereocenters. The predicted octanol–water partition coefficient (Wildman–Crippen LogP) is 3.24. The van der Waals surface area contributed by atoms with Crippen molar-refractivity contribution in [2.75, 3.05) is 18.5 Å². The summed E-state index contributed by atoms with van der Waals surface area (Å²) in [5.41, 5.74) is 1.10. The maximum Gasteiger partial charge on any atom is 0.319 e. The van der Waals surface area contributed by atoms with Gasteiger partial charge < -0.3 is 19.8 Å². The Hall–Kier alpha value is -2.84. The Labute approximate surface area is 155 Å². The molecule has 2 heterocycles. The van der Waals surface area contributed by atoms with Gasteiger partial charge in [0.2, 0.25) is 0 Å². The molecule has 26 heavy (non-hydrogen) atoms. The lowest BCUT2D eigenvalue weighted by Crippen LogP contribution is -2.30. The van der Waals surface area contributed by atoms with E-state index >= 15 is 0 Å². The first-order chi connectivity index (χ1) is 12.7. The number of amides is 2. The van der Waals surface area contributed by atoms with E-state index in [1.54, 1.807) is 24.5 Å². The molecule has 8 nitrogen and oxygen atoms in total. The van der Waals surface area contributed by atoms with Gasteiger partial charge in [0.25, 0.3) is 0 Å². The van der Waals surface area contributed by atoms with Crippen molar-refractivity contribution in [3.05, 3.63) is 60.0 Å². The number of benzene rings is 1. The zero-order chi connectivity index (χ0) is 18.2. The topological polar surface area (TPSA) is 94.2 Å². The molecule has 0 aliphatic heterocycles. The molecule has 3 aromatic rings. The number of halogens is 1. The Morgan fingerprint density at radius 1 is 1.31 bits per heavy atom. The van der Waals surface area contributed by atoms with E-state index in [2.05, 4.69) is 20.7 Å². The molecule has 0 radical (unpaired) electrons. The van der Waals surface area contributed by atoms with Gasteiger partial charge in [-0.3, -0.25) is 0 Å². The van der Waals surface area contributed by atoms with Crippen LogP contribution in [-0.4, -0.2) is 33.9 Å². The SMILES string of the molecule is O=C(NCCCOCc1ccco1)Nc1cccc(Cl)c1-n1cncn1. The molecule has 9 heteroatoms. The van der Waals surface area contributed by atoms with Gasteiger partial charge >= 0.3 is 6.03 Å². The smallest absolute Gasteiger partial charge is 0.319 e. The summed E-state index contributed by atoms with van der Waals surface area (Å²) in [6.45, 7) is 1.41. The fourth-order valence-electron chi connectivity index (χ4n) is 2.28. The Balaban J connectivity index is 1.44. The summed E-state index contributed by atoms with van der Waals surface area (Å²) in [6.07, 6.45) is 5.20. The van der Waals surface area contributed by atoms with Gasteiger partial charge in [-0.15, -0.1) is 0 Å². The summed E-state index contributed by atoms with van der Waals surface area (Å²) in [7, 11) is 0. The normalized spacial score (nSPS) is 10.7. The number of nitrogens with one attached hydrogen (secondary N) is 2. The largest absolute Gasteiger partial charge is 0.467 e.